The zero-order valence-corrected chi connectivity index (χ0v) is 6.58. The normalized spacial score (nSPS) is 9.45. The third-order valence-corrected chi connectivity index (χ3v) is 1.45. The Hall–Kier alpha value is -1.22. The average molecular weight is 170 g/mol. The first kappa shape index (κ1) is 7.88. The number of rotatable bonds is 0. The molecule has 2 heterocycles. The summed E-state index contributed by atoms with van der Waals surface area (Å²) in [6.45, 7) is 0. The van der Waals surface area contributed by atoms with E-state index in [1.807, 2.05) is 28.8 Å². The van der Waals surface area contributed by atoms with E-state index in [1.54, 1.807) is 6.20 Å². The molecule has 0 bridgehead atoms. The van der Waals surface area contributed by atoms with Crippen molar-refractivity contribution in [2.75, 3.05) is 5.73 Å². The van der Waals surface area contributed by atoms with Crippen molar-refractivity contribution in [1.82, 2.24) is 9.38 Å². The Kier molecular flexibility index (Phi) is 2.01. The Balaban J connectivity index is 0.000000605. The van der Waals surface area contributed by atoms with Gasteiger partial charge < -0.3 is 5.73 Å². The molecule has 0 aromatic carbocycles. The maximum atomic E-state index is 5.58. The number of pyridine rings is 1. The van der Waals surface area contributed by atoms with E-state index in [9.17, 15) is 0 Å². The molecule has 0 unspecified atom stereocenters. The summed E-state index contributed by atoms with van der Waals surface area (Å²) < 4.78 is 1.83. The second-order valence-electron chi connectivity index (χ2n) is 2.11. The third kappa shape index (κ3) is 1.14. The number of nitrogens with zero attached hydrogens (tertiary/aromatic N) is 2. The van der Waals surface area contributed by atoms with Crippen LogP contribution in [0.3, 0.4) is 0 Å². The molecule has 3 nitrogen and oxygen atoms in total. The molecule has 0 atom stereocenters. The van der Waals surface area contributed by atoms with Crippen molar-refractivity contribution in [1.29, 1.82) is 0 Å². The monoisotopic (exact) mass is 169 g/mol. The number of hydrogen-bond acceptors (Lipinski definition) is 2. The van der Waals surface area contributed by atoms with E-state index in [2.05, 4.69) is 4.98 Å². The molecule has 0 saturated carbocycles. The summed E-state index contributed by atoms with van der Waals surface area (Å²) in [5.74, 6) is 0.676. The number of nitrogens with two attached hydrogens (primary N) is 1. The summed E-state index contributed by atoms with van der Waals surface area (Å²) in [7, 11) is 0. The highest BCUT2D eigenvalue weighted by atomic mass is 35.5. The Labute approximate surface area is 70.3 Å². The molecular formula is C7H8ClN3. The molecule has 0 fully saturated rings. The molecule has 0 aliphatic carbocycles. The van der Waals surface area contributed by atoms with Crippen LogP contribution in [-0.4, -0.2) is 9.38 Å². The average Bonchev–Trinajstić information content (AvgIpc) is 2.34. The van der Waals surface area contributed by atoms with Gasteiger partial charge in [0.15, 0.2) is 0 Å². The molecular weight excluding hydrogens is 162 g/mol. The fourth-order valence-electron chi connectivity index (χ4n) is 0.952. The van der Waals surface area contributed by atoms with Crippen LogP contribution in [0.5, 0.6) is 0 Å². The van der Waals surface area contributed by atoms with Crippen LogP contribution in [-0.2, 0) is 0 Å². The first-order valence-corrected chi connectivity index (χ1v) is 3.05. The molecule has 0 aliphatic rings. The van der Waals surface area contributed by atoms with Crippen molar-refractivity contribution >= 4 is 23.9 Å². The van der Waals surface area contributed by atoms with Crippen LogP contribution in [0.2, 0.25) is 0 Å². The van der Waals surface area contributed by atoms with Gasteiger partial charge in [0.1, 0.15) is 11.5 Å². The Morgan fingerprint density at radius 2 is 2.18 bits per heavy atom. The van der Waals surface area contributed by atoms with E-state index in [0.717, 1.165) is 5.65 Å². The first-order chi connectivity index (χ1) is 4.88. The number of hydrogen-bond donors (Lipinski definition) is 1. The number of imidazole rings is 1. The van der Waals surface area contributed by atoms with Gasteiger partial charge in [-0.1, -0.05) is 6.07 Å². The lowest BCUT2D eigenvalue weighted by atomic mass is 10.5. The number of aromatic nitrogens is 2. The molecule has 0 spiro atoms. The Morgan fingerprint density at radius 3 is 2.91 bits per heavy atom. The number of fused-ring (bicyclic) bond motifs is 1. The van der Waals surface area contributed by atoms with Crippen LogP contribution in [0.4, 0.5) is 5.82 Å². The van der Waals surface area contributed by atoms with Gasteiger partial charge in [0.25, 0.3) is 0 Å². The van der Waals surface area contributed by atoms with Crippen molar-refractivity contribution < 1.29 is 0 Å². The molecule has 0 saturated heterocycles. The maximum Gasteiger partial charge on any atom is 0.138 e. The quantitative estimate of drug-likeness (QED) is 0.647. The van der Waals surface area contributed by atoms with E-state index in [-0.39, 0.29) is 12.4 Å². The molecule has 2 rings (SSSR count). The van der Waals surface area contributed by atoms with Crippen molar-refractivity contribution in [2.45, 2.75) is 0 Å². The van der Waals surface area contributed by atoms with Gasteiger partial charge in [-0.3, -0.25) is 4.40 Å². The lowest BCUT2D eigenvalue weighted by molar-refractivity contribution is 1.20. The second kappa shape index (κ2) is 2.80. The predicted octanol–water partition coefficient (Wildman–Crippen LogP) is 1.34. The van der Waals surface area contributed by atoms with Gasteiger partial charge in [0, 0.05) is 6.20 Å². The van der Waals surface area contributed by atoms with Crippen LogP contribution in [0.15, 0.2) is 30.6 Å². The van der Waals surface area contributed by atoms with Gasteiger partial charge in [-0.25, -0.2) is 4.98 Å². The smallest absolute Gasteiger partial charge is 0.138 e. The summed E-state index contributed by atoms with van der Waals surface area (Å²) >= 11 is 0. The SMILES string of the molecule is Cl.Nc1cnc2ccccn12. The molecule has 2 aromatic heterocycles. The highest BCUT2D eigenvalue weighted by Gasteiger charge is 1.93. The number of anilines is 1. The van der Waals surface area contributed by atoms with Crippen molar-refractivity contribution in [3.63, 3.8) is 0 Å². The molecule has 0 aliphatic heterocycles. The predicted molar refractivity (Wildman–Crippen MR) is 46.9 cm³/mol. The molecule has 0 amide bonds. The van der Waals surface area contributed by atoms with Gasteiger partial charge in [-0.05, 0) is 12.1 Å². The largest absolute Gasteiger partial charge is 0.383 e. The summed E-state index contributed by atoms with van der Waals surface area (Å²) in [4.78, 5) is 4.06. The van der Waals surface area contributed by atoms with E-state index in [0.29, 0.717) is 5.82 Å². The minimum absolute atomic E-state index is 0. The molecule has 2 aromatic rings. The van der Waals surface area contributed by atoms with Crippen LogP contribution in [0.1, 0.15) is 0 Å². The van der Waals surface area contributed by atoms with Crippen LogP contribution >= 0.6 is 12.4 Å². The van der Waals surface area contributed by atoms with Gasteiger partial charge in [-0.15, -0.1) is 12.4 Å². The highest BCUT2D eigenvalue weighted by Crippen LogP contribution is 2.05. The summed E-state index contributed by atoms with van der Waals surface area (Å²) in [6.07, 6.45) is 3.53. The minimum Gasteiger partial charge on any atom is -0.383 e. The van der Waals surface area contributed by atoms with Crippen LogP contribution in [0.25, 0.3) is 5.65 Å². The summed E-state index contributed by atoms with van der Waals surface area (Å²) in [5, 5.41) is 0. The van der Waals surface area contributed by atoms with Crippen molar-refractivity contribution in [2.24, 2.45) is 0 Å². The third-order valence-electron chi connectivity index (χ3n) is 1.45. The number of halogens is 1. The first-order valence-electron chi connectivity index (χ1n) is 3.05. The zero-order chi connectivity index (χ0) is 6.97. The van der Waals surface area contributed by atoms with Crippen molar-refractivity contribution in [3.8, 4) is 0 Å². The molecule has 58 valence electrons. The van der Waals surface area contributed by atoms with Crippen LogP contribution < -0.4 is 5.73 Å². The highest BCUT2D eigenvalue weighted by molar-refractivity contribution is 5.85. The zero-order valence-electron chi connectivity index (χ0n) is 5.77. The maximum absolute atomic E-state index is 5.58. The lowest BCUT2D eigenvalue weighted by Gasteiger charge is -1.91. The van der Waals surface area contributed by atoms with Crippen molar-refractivity contribution in [3.05, 3.63) is 30.6 Å². The molecule has 4 heteroatoms. The van der Waals surface area contributed by atoms with Gasteiger partial charge in [0.05, 0.1) is 6.20 Å². The number of nitrogen functional groups attached to an aromatic ring is 1. The van der Waals surface area contributed by atoms with E-state index in [4.69, 9.17) is 5.73 Å². The second-order valence-corrected chi connectivity index (χ2v) is 2.11. The van der Waals surface area contributed by atoms with Gasteiger partial charge in [0.2, 0.25) is 0 Å². The molecule has 11 heavy (non-hydrogen) atoms. The molecule has 2 N–H and O–H groups in total. The van der Waals surface area contributed by atoms with E-state index < -0.39 is 0 Å². The minimum atomic E-state index is 0. The molecule has 0 radical (unpaired) electrons. The van der Waals surface area contributed by atoms with Gasteiger partial charge >= 0.3 is 0 Å². The fourth-order valence-corrected chi connectivity index (χ4v) is 0.952. The van der Waals surface area contributed by atoms with E-state index >= 15 is 0 Å². The summed E-state index contributed by atoms with van der Waals surface area (Å²) in [5.41, 5.74) is 6.47. The van der Waals surface area contributed by atoms with E-state index in [1.165, 1.54) is 0 Å². The fraction of sp³-hybridized carbons (Fsp3) is 0. The Bertz CT molecular complexity index is 355. The lowest BCUT2D eigenvalue weighted by Crippen LogP contribution is -1.90. The standard InChI is InChI=1S/C7H7N3.ClH/c8-6-5-9-7-3-1-2-4-10(6)7;/h1-5H,8H2;1H. The van der Waals surface area contributed by atoms with Crippen LogP contribution in [0, 0.1) is 0 Å². The summed E-state index contributed by atoms with van der Waals surface area (Å²) in [6, 6.07) is 5.77. The Morgan fingerprint density at radius 1 is 1.36 bits per heavy atom. The van der Waals surface area contributed by atoms with Gasteiger partial charge in [-0.2, -0.15) is 0 Å². The topological polar surface area (TPSA) is 43.3 Å².